The smallest absolute Gasteiger partial charge is 0.120 e. The second-order valence-corrected chi connectivity index (χ2v) is 4.97. The van der Waals surface area contributed by atoms with Crippen LogP contribution in [0.5, 0.6) is 0 Å². The maximum atomic E-state index is 5.69. The van der Waals surface area contributed by atoms with Gasteiger partial charge in [0.25, 0.3) is 0 Å². The van der Waals surface area contributed by atoms with E-state index in [4.69, 9.17) is 5.73 Å². The second kappa shape index (κ2) is 4.03. The molecular weight excluding hydrogens is 218 g/mol. The minimum Gasteiger partial charge on any atom is -0.357 e. The molecule has 0 spiro atoms. The number of benzene rings is 1. The molecule has 2 N–H and O–H groups in total. The standard InChI is InChI=1S/C12H15N3S/c13-7-8-15(9-5-6-9)12-10-3-1-2-4-11(10)14-16-12/h1-4,9H,5-8,13H2. The summed E-state index contributed by atoms with van der Waals surface area (Å²) < 4.78 is 4.49. The van der Waals surface area contributed by atoms with Gasteiger partial charge in [0.1, 0.15) is 5.00 Å². The van der Waals surface area contributed by atoms with E-state index in [-0.39, 0.29) is 0 Å². The topological polar surface area (TPSA) is 42.1 Å². The molecule has 0 unspecified atom stereocenters. The van der Waals surface area contributed by atoms with Gasteiger partial charge in [-0.1, -0.05) is 12.1 Å². The van der Waals surface area contributed by atoms with E-state index >= 15 is 0 Å². The third-order valence-electron chi connectivity index (χ3n) is 2.98. The first-order valence-corrected chi connectivity index (χ1v) is 6.48. The van der Waals surface area contributed by atoms with Crippen LogP contribution in [0.3, 0.4) is 0 Å². The summed E-state index contributed by atoms with van der Waals surface area (Å²) in [5.41, 5.74) is 6.79. The maximum absolute atomic E-state index is 5.69. The first-order valence-electron chi connectivity index (χ1n) is 5.71. The number of anilines is 1. The van der Waals surface area contributed by atoms with E-state index in [1.807, 2.05) is 6.07 Å². The van der Waals surface area contributed by atoms with E-state index in [2.05, 4.69) is 27.5 Å². The van der Waals surface area contributed by atoms with Crippen molar-refractivity contribution in [3.05, 3.63) is 24.3 Å². The van der Waals surface area contributed by atoms with Gasteiger partial charge in [-0.2, -0.15) is 4.37 Å². The van der Waals surface area contributed by atoms with Crippen LogP contribution in [0, 0.1) is 0 Å². The number of nitrogens with two attached hydrogens (primary N) is 1. The summed E-state index contributed by atoms with van der Waals surface area (Å²) >= 11 is 1.60. The van der Waals surface area contributed by atoms with Crippen molar-refractivity contribution in [2.24, 2.45) is 5.73 Å². The molecule has 4 heteroatoms. The molecule has 1 aromatic heterocycles. The molecule has 1 aliphatic carbocycles. The molecule has 0 atom stereocenters. The molecule has 0 aliphatic heterocycles. The summed E-state index contributed by atoms with van der Waals surface area (Å²) in [7, 11) is 0. The predicted octanol–water partition coefficient (Wildman–Crippen LogP) is 2.22. The van der Waals surface area contributed by atoms with Crippen molar-refractivity contribution in [1.82, 2.24) is 4.37 Å². The van der Waals surface area contributed by atoms with E-state index in [0.717, 1.165) is 12.1 Å². The van der Waals surface area contributed by atoms with Crippen LogP contribution < -0.4 is 10.6 Å². The van der Waals surface area contributed by atoms with Crippen molar-refractivity contribution in [1.29, 1.82) is 0 Å². The highest BCUT2D eigenvalue weighted by Crippen LogP contribution is 2.38. The number of fused-ring (bicyclic) bond motifs is 1. The van der Waals surface area contributed by atoms with Gasteiger partial charge < -0.3 is 10.6 Å². The molecule has 0 amide bonds. The number of hydrogen-bond acceptors (Lipinski definition) is 4. The second-order valence-electron chi connectivity index (χ2n) is 4.22. The van der Waals surface area contributed by atoms with Gasteiger partial charge in [-0.25, -0.2) is 0 Å². The summed E-state index contributed by atoms with van der Waals surface area (Å²) in [5.74, 6) is 0. The highest BCUT2D eigenvalue weighted by atomic mass is 32.1. The third kappa shape index (κ3) is 1.68. The SMILES string of the molecule is NCCN(c1snc2ccccc12)C1CC1. The Bertz CT molecular complexity index is 490. The Morgan fingerprint density at radius 1 is 1.38 bits per heavy atom. The zero-order valence-electron chi connectivity index (χ0n) is 9.10. The van der Waals surface area contributed by atoms with Crippen LogP contribution in [0.4, 0.5) is 5.00 Å². The van der Waals surface area contributed by atoms with Crippen LogP contribution in [-0.2, 0) is 0 Å². The van der Waals surface area contributed by atoms with Crippen LogP contribution in [0.15, 0.2) is 24.3 Å². The molecule has 84 valence electrons. The fourth-order valence-corrected chi connectivity index (χ4v) is 3.02. The van der Waals surface area contributed by atoms with Gasteiger partial charge in [0.2, 0.25) is 0 Å². The number of nitrogens with zero attached hydrogens (tertiary/aromatic N) is 2. The van der Waals surface area contributed by atoms with Gasteiger partial charge in [-0.05, 0) is 36.5 Å². The van der Waals surface area contributed by atoms with Crippen LogP contribution in [0.1, 0.15) is 12.8 Å². The predicted molar refractivity (Wildman–Crippen MR) is 69.0 cm³/mol. The average molecular weight is 233 g/mol. The molecule has 0 bridgehead atoms. The van der Waals surface area contributed by atoms with Crippen molar-refractivity contribution in [2.75, 3.05) is 18.0 Å². The van der Waals surface area contributed by atoms with Crippen molar-refractivity contribution >= 4 is 27.4 Å². The van der Waals surface area contributed by atoms with Crippen molar-refractivity contribution in [2.45, 2.75) is 18.9 Å². The Hall–Kier alpha value is -1.13. The van der Waals surface area contributed by atoms with Crippen LogP contribution in [-0.4, -0.2) is 23.5 Å². The summed E-state index contributed by atoms with van der Waals surface area (Å²) in [6.07, 6.45) is 2.60. The maximum Gasteiger partial charge on any atom is 0.120 e. The molecule has 1 saturated carbocycles. The molecule has 1 aliphatic rings. The molecule has 3 rings (SSSR count). The van der Waals surface area contributed by atoms with Gasteiger partial charge in [0.05, 0.1) is 5.52 Å². The summed E-state index contributed by atoms with van der Waals surface area (Å²) in [6, 6.07) is 9.04. The van der Waals surface area contributed by atoms with E-state index in [1.54, 1.807) is 11.5 Å². The van der Waals surface area contributed by atoms with Gasteiger partial charge in [-0.3, -0.25) is 0 Å². The fraction of sp³-hybridized carbons (Fsp3) is 0.417. The van der Waals surface area contributed by atoms with Crippen LogP contribution in [0.25, 0.3) is 10.9 Å². The lowest BCUT2D eigenvalue weighted by Gasteiger charge is -2.21. The highest BCUT2D eigenvalue weighted by molar-refractivity contribution is 7.11. The molecule has 1 aromatic carbocycles. The lowest BCUT2D eigenvalue weighted by molar-refractivity contribution is 0.795. The Morgan fingerprint density at radius 3 is 2.94 bits per heavy atom. The normalized spacial score (nSPS) is 15.6. The van der Waals surface area contributed by atoms with Gasteiger partial charge >= 0.3 is 0 Å². The molecule has 0 radical (unpaired) electrons. The Labute approximate surface area is 99.0 Å². The quantitative estimate of drug-likeness (QED) is 0.880. The van der Waals surface area contributed by atoms with Crippen LogP contribution >= 0.6 is 11.5 Å². The third-order valence-corrected chi connectivity index (χ3v) is 3.90. The van der Waals surface area contributed by atoms with Gasteiger partial charge in [0.15, 0.2) is 0 Å². The first-order chi connectivity index (χ1) is 7.90. The zero-order valence-corrected chi connectivity index (χ0v) is 9.91. The van der Waals surface area contributed by atoms with Crippen molar-refractivity contribution in [3.8, 4) is 0 Å². The lowest BCUT2D eigenvalue weighted by atomic mass is 10.2. The molecule has 16 heavy (non-hydrogen) atoms. The van der Waals surface area contributed by atoms with E-state index in [1.165, 1.54) is 23.2 Å². The minimum atomic E-state index is 0.701. The molecule has 0 saturated heterocycles. The number of hydrogen-bond donors (Lipinski definition) is 1. The molecular formula is C12H15N3S. The Balaban J connectivity index is 2.02. The largest absolute Gasteiger partial charge is 0.357 e. The van der Waals surface area contributed by atoms with E-state index < -0.39 is 0 Å². The van der Waals surface area contributed by atoms with Crippen LogP contribution in [0.2, 0.25) is 0 Å². The summed E-state index contributed by atoms with van der Waals surface area (Å²) in [6.45, 7) is 1.65. The molecule has 1 fully saturated rings. The van der Waals surface area contributed by atoms with Crippen molar-refractivity contribution in [3.63, 3.8) is 0 Å². The highest BCUT2D eigenvalue weighted by Gasteiger charge is 2.30. The fourth-order valence-electron chi connectivity index (χ4n) is 2.06. The summed E-state index contributed by atoms with van der Waals surface area (Å²) in [4.78, 5) is 2.43. The first kappa shape index (κ1) is 10.1. The zero-order chi connectivity index (χ0) is 11.0. The minimum absolute atomic E-state index is 0.701. The Kier molecular flexibility index (Phi) is 2.53. The summed E-state index contributed by atoms with van der Waals surface area (Å²) in [5, 5.41) is 2.57. The number of rotatable bonds is 4. The van der Waals surface area contributed by atoms with E-state index in [0.29, 0.717) is 12.6 Å². The van der Waals surface area contributed by atoms with Gasteiger partial charge in [-0.15, -0.1) is 0 Å². The monoisotopic (exact) mass is 233 g/mol. The lowest BCUT2D eigenvalue weighted by Crippen LogP contribution is -2.30. The Morgan fingerprint density at radius 2 is 2.19 bits per heavy atom. The molecule has 2 aromatic rings. The average Bonchev–Trinajstić information content (AvgIpc) is 3.06. The molecule has 1 heterocycles. The van der Waals surface area contributed by atoms with Gasteiger partial charge in [0, 0.05) is 24.5 Å². The van der Waals surface area contributed by atoms with E-state index in [9.17, 15) is 0 Å². The number of aromatic nitrogens is 1. The molecule has 3 nitrogen and oxygen atoms in total. The van der Waals surface area contributed by atoms with Crippen molar-refractivity contribution < 1.29 is 0 Å².